The number of benzene rings is 2. The summed E-state index contributed by atoms with van der Waals surface area (Å²) in [6.07, 6.45) is 0.498. The highest BCUT2D eigenvalue weighted by Crippen LogP contribution is 2.62. The van der Waals surface area contributed by atoms with Crippen molar-refractivity contribution in [1.82, 2.24) is 0 Å². The maximum absolute atomic E-state index is 12.6. The third-order valence-corrected chi connectivity index (χ3v) is 5.66. The zero-order valence-electron chi connectivity index (χ0n) is 14.0. The molecule has 0 amide bonds. The Morgan fingerprint density at radius 2 is 1.38 bits per heavy atom. The minimum Gasteiger partial charge on any atom is -0.469 e. The summed E-state index contributed by atoms with van der Waals surface area (Å²) < 4.78 is 17.3. The van der Waals surface area contributed by atoms with Gasteiger partial charge in [-0.3, -0.25) is 4.79 Å². The van der Waals surface area contributed by atoms with Gasteiger partial charge in [-0.2, -0.15) is 0 Å². The van der Waals surface area contributed by atoms with Crippen molar-refractivity contribution >= 4 is 5.97 Å². The Labute approximate surface area is 141 Å². The van der Waals surface area contributed by atoms with E-state index in [1.807, 2.05) is 36.4 Å². The Balaban J connectivity index is 2.14. The van der Waals surface area contributed by atoms with Crippen molar-refractivity contribution in [3.63, 3.8) is 0 Å². The fraction of sp³-hybridized carbons (Fsp3) is 0.350. The number of ether oxygens (including phenoxy) is 3. The van der Waals surface area contributed by atoms with Crippen molar-refractivity contribution in [2.24, 2.45) is 5.92 Å². The lowest BCUT2D eigenvalue weighted by Crippen LogP contribution is -2.58. The molecule has 1 atom stereocenters. The van der Waals surface area contributed by atoms with Gasteiger partial charge >= 0.3 is 5.97 Å². The van der Waals surface area contributed by atoms with Gasteiger partial charge in [0, 0.05) is 20.6 Å². The van der Waals surface area contributed by atoms with E-state index in [1.165, 1.54) is 7.11 Å². The molecule has 1 unspecified atom stereocenters. The number of fused-ring (bicyclic) bond motifs is 1. The predicted octanol–water partition coefficient (Wildman–Crippen LogP) is 2.97. The van der Waals surface area contributed by atoms with Crippen LogP contribution in [-0.4, -0.2) is 27.3 Å². The van der Waals surface area contributed by atoms with Crippen LogP contribution >= 0.6 is 0 Å². The van der Waals surface area contributed by atoms with Crippen molar-refractivity contribution in [3.8, 4) is 0 Å². The summed E-state index contributed by atoms with van der Waals surface area (Å²) >= 11 is 0. The smallest absolute Gasteiger partial charge is 0.312 e. The Morgan fingerprint density at radius 1 is 0.875 bits per heavy atom. The summed E-state index contributed by atoms with van der Waals surface area (Å²) in [5, 5.41) is 0. The van der Waals surface area contributed by atoms with E-state index in [-0.39, 0.29) is 5.97 Å². The van der Waals surface area contributed by atoms with Crippen LogP contribution in [-0.2, 0) is 30.2 Å². The van der Waals surface area contributed by atoms with Crippen LogP contribution < -0.4 is 0 Å². The third kappa shape index (κ3) is 1.57. The van der Waals surface area contributed by atoms with Gasteiger partial charge in [-0.1, -0.05) is 48.5 Å². The standard InChI is InChI=1S/C20H20O4/c1-22-18(21)17-12-19(23-2)13-8-4-6-10-15(13)20(17,24-3)16-11-7-5-9-14(16)19/h4-11,17H,12H2,1-3H3. The van der Waals surface area contributed by atoms with Gasteiger partial charge < -0.3 is 14.2 Å². The molecular formula is C20H20O4. The molecule has 0 heterocycles. The summed E-state index contributed by atoms with van der Waals surface area (Å²) in [7, 11) is 4.78. The number of carbonyl (C=O) groups excluding carboxylic acids is 1. The van der Waals surface area contributed by atoms with E-state index >= 15 is 0 Å². The van der Waals surface area contributed by atoms with E-state index < -0.39 is 17.1 Å². The van der Waals surface area contributed by atoms with Gasteiger partial charge in [0.2, 0.25) is 0 Å². The number of esters is 1. The molecule has 4 nitrogen and oxygen atoms in total. The van der Waals surface area contributed by atoms with Gasteiger partial charge in [-0.15, -0.1) is 0 Å². The highest BCUT2D eigenvalue weighted by atomic mass is 16.5. The zero-order valence-corrected chi connectivity index (χ0v) is 14.0. The molecule has 2 bridgehead atoms. The molecule has 24 heavy (non-hydrogen) atoms. The minimum atomic E-state index is -0.847. The lowest BCUT2D eigenvalue weighted by molar-refractivity contribution is -0.170. The summed E-state index contributed by atoms with van der Waals surface area (Å²) in [6, 6.07) is 16.1. The van der Waals surface area contributed by atoms with Crippen LogP contribution in [0.25, 0.3) is 0 Å². The molecule has 4 heteroatoms. The maximum Gasteiger partial charge on any atom is 0.312 e. The molecule has 3 aliphatic rings. The molecule has 5 rings (SSSR count). The minimum absolute atomic E-state index is 0.276. The van der Waals surface area contributed by atoms with Crippen LogP contribution in [0.15, 0.2) is 48.5 Å². The van der Waals surface area contributed by atoms with Crippen molar-refractivity contribution < 1.29 is 19.0 Å². The van der Waals surface area contributed by atoms with Crippen molar-refractivity contribution in [3.05, 3.63) is 70.8 Å². The van der Waals surface area contributed by atoms with Gasteiger partial charge in [-0.25, -0.2) is 0 Å². The Kier molecular flexibility index (Phi) is 3.31. The third-order valence-electron chi connectivity index (χ3n) is 5.66. The summed E-state index contributed by atoms with van der Waals surface area (Å²) in [6.45, 7) is 0. The van der Waals surface area contributed by atoms with Gasteiger partial charge in [0.05, 0.1) is 13.0 Å². The molecule has 0 radical (unpaired) electrons. The Bertz CT molecular complexity index is 763. The quantitative estimate of drug-likeness (QED) is 0.814. The van der Waals surface area contributed by atoms with Crippen LogP contribution in [0, 0.1) is 5.92 Å². The first-order valence-electron chi connectivity index (χ1n) is 8.04. The van der Waals surface area contributed by atoms with Gasteiger partial charge in [-0.05, 0) is 22.3 Å². The van der Waals surface area contributed by atoms with Crippen LogP contribution in [0.5, 0.6) is 0 Å². The normalized spacial score (nSPS) is 29.7. The molecule has 0 aromatic heterocycles. The fourth-order valence-electron chi connectivity index (χ4n) is 4.69. The monoisotopic (exact) mass is 324 g/mol. The molecule has 124 valence electrons. The average Bonchev–Trinajstić information content (AvgIpc) is 2.67. The lowest BCUT2D eigenvalue weighted by atomic mass is 9.54. The Hall–Kier alpha value is -2.17. The molecule has 2 aromatic rings. The fourth-order valence-corrected chi connectivity index (χ4v) is 4.69. The van der Waals surface area contributed by atoms with Crippen molar-refractivity contribution in [2.75, 3.05) is 21.3 Å². The first kappa shape index (κ1) is 15.4. The predicted molar refractivity (Wildman–Crippen MR) is 88.6 cm³/mol. The van der Waals surface area contributed by atoms with Crippen molar-refractivity contribution in [1.29, 1.82) is 0 Å². The second kappa shape index (κ2) is 5.16. The van der Waals surface area contributed by atoms with Crippen LogP contribution in [0.2, 0.25) is 0 Å². The maximum atomic E-state index is 12.6. The number of methoxy groups -OCH3 is 3. The second-order valence-corrected chi connectivity index (χ2v) is 6.34. The van der Waals surface area contributed by atoms with Gasteiger partial charge in [0.15, 0.2) is 0 Å². The van der Waals surface area contributed by atoms with Crippen LogP contribution in [0.1, 0.15) is 28.7 Å². The highest BCUT2D eigenvalue weighted by molar-refractivity contribution is 5.79. The van der Waals surface area contributed by atoms with Crippen molar-refractivity contribution in [2.45, 2.75) is 17.6 Å². The molecule has 0 saturated heterocycles. The molecule has 3 aliphatic carbocycles. The van der Waals surface area contributed by atoms with Gasteiger partial charge in [0.1, 0.15) is 11.2 Å². The number of carbonyl (C=O) groups is 1. The van der Waals surface area contributed by atoms with E-state index in [4.69, 9.17) is 14.2 Å². The molecule has 2 aromatic carbocycles. The van der Waals surface area contributed by atoms with E-state index in [9.17, 15) is 4.79 Å². The summed E-state index contributed by atoms with van der Waals surface area (Å²) in [4.78, 5) is 12.6. The van der Waals surface area contributed by atoms with E-state index in [0.717, 1.165) is 22.3 Å². The number of rotatable bonds is 3. The first-order valence-corrected chi connectivity index (χ1v) is 8.04. The van der Waals surface area contributed by atoms with E-state index in [1.54, 1.807) is 14.2 Å². The highest BCUT2D eigenvalue weighted by Gasteiger charge is 2.63. The summed E-state index contributed by atoms with van der Waals surface area (Å²) in [5.41, 5.74) is 2.58. The molecular weight excluding hydrogens is 304 g/mol. The molecule has 0 spiro atoms. The zero-order chi connectivity index (χ0) is 16.9. The molecule has 0 N–H and O–H groups in total. The SMILES string of the molecule is COC(=O)C1CC2(OC)c3ccccc3C1(OC)c1ccccc12. The number of hydrogen-bond acceptors (Lipinski definition) is 4. The average molecular weight is 324 g/mol. The van der Waals surface area contributed by atoms with E-state index in [2.05, 4.69) is 12.1 Å². The van der Waals surface area contributed by atoms with Gasteiger partial charge in [0.25, 0.3) is 0 Å². The first-order chi connectivity index (χ1) is 11.7. The lowest BCUT2D eigenvalue weighted by Gasteiger charge is -2.56. The number of hydrogen-bond donors (Lipinski definition) is 0. The summed E-state index contributed by atoms with van der Waals surface area (Å²) in [5.74, 6) is -0.737. The molecule has 0 fully saturated rings. The van der Waals surface area contributed by atoms with Crippen LogP contribution in [0.3, 0.4) is 0 Å². The molecule has 0 saturated carbocycles. The Morgan fingerprint density at radius 3 is 1.79 bits per heavy atom. The van der Waals surface area contributed by atoms with E-state index in [0.29, 0.717) is 6.42 Å². The van der Waals surface area contributed by atoms with Crippen LogP contribution in [0.4, 0.5) is 0 Å². The second-order valence-electron chi connectivity index (χ2n) is 6.34. The topological polar surface area (TPSA) is 44.8 Å². The largest absolute Gasteiger partial charge is 0.469 e. The molecule has 0 aliphatic heterocycles.